The molecule has 0 unspecified atom stereocenters. The molecule has 4 N–H and O–H groups in total. The van der Waals surface area contributed by atoms with Crippen molar-refractivity contribution in [3.05, 3.63) is 22.2 Å². The summed E-state index contributed by atoms with van der Waals surface area (Å²) in [6.07, 6.45) is 0. The molecular weight excluding hydrogens is 291 g/mol. The van der Waals surface area contributed by atoms with Gasteiger partial charge in [0.2, 0.25) is 0 Å². The Balaban J connectivity index is 2.54. The van der Waals surface area contributed by atoms with E-state index in [1.807, 2.05) is 14.1 Å². The van der Waals surface area contributed by atoms with Gasteiger partial charge in [-0.1, -0.05) is 23.2 Å². The molecule has 0 aliphatic carbocycles. The number of hydrogen-bond acceptors (Lipinski definition) is 3. The number of halogens is 2. The quantitative estimate of drug-likeness (QED) is 0.589. The third kappa shape index (κ3) is 4.86. The molecule has 18 heavy (non-hydrogen) atoms. The molecule has 0 aliphatic rings. The predicted octanol–water partition coefficient (Wildman–Crippen LogP) is 2.42. The highest BCUT2D eigenvalue weighted by Crippen LogP contribution is 2.30. The first-order valence-electron chi connectivity index (χ1n) is 5.34. The van der Waals surface area contributed by atoms with E-state index in [1.54, 1.807) is 12.1 Å². The Morgan fingerprint density at radius 2 is 1.89 bits per heavy atom. The zero-order valence-corrected chi connectivity index (χ0v) is 12.6. The van der Waals surface area contributed by atoms with Gasteiger partial charge in [0, 0.05) is 18.8 Å². The number of nitrogens with one attached hydrogen (secondary N) is 2. The molecule has 0 spiro atoms. The van der Waals surface area contributed by atoms with Crippen molar-refractivity contribution in [3.63, 3.8) is 0 Å². The molecule has 4 nitrogen and oxygen atoms in total. The van der Waals surface area contributed by atoms with Crippen LogP contribution >= 0.6 is 35.4 Å². The molecule has 0 aliphatic heterocycles. The molecule has 0 aromatic heterocycles. The van der Waals surface area contributed by atoms with Crippen LogP contribution in [0.25, 0.3) is 0 Å². The van der Waals surface area contributed by atoms with Gasteiger partial charge in [0.15, 0.2) is 5.11 Å². The molecule has 1 aromatic carbocycles. The summed E-state index contributed by atoms with van der Waals surface area (Å²) < 4.78 is 0. The Hall–Kier alpha value is -0.750. The third-order valence-electron chi connectivity index (χ3n) is 2.18. The lowest BCUT2D eigenvalue weighted by Crippen LogP contribution is -2.34. The summed E-state index contributed by atoms with van der Waals surface area (Å²) in [6.45, 7) is 1.65. The van der Waals surface area contributed by atoms with Gasteiger partial charge in [-0.2, -0.15) is 0 Å². The first-order valence-corrected chi connectivity index (χ1v) is 6.50. The molecule has 0 atom stereocenters. The van der Waals surface area contributed by atoms with Gasteiger partial charge in [0.25, 0.3) is 0 Å². The molecule has 0 heterocycles. The first-order chi connectivity index (χ1) is 8.40. The minimum absolute atomic E-state index is 0.371. The Labute approximate surface area is 122 Å². The standard InChI is InChI=1S/C11H16Cl2N4S/c1-17(2)4-3-15-11(18)16-7-5-8(12)10(14)9(13)6-7/h5-6H,3-4,14H2,1-2H3,(H2,15,16,18). The minimum atomic E-state index is 0.371. The monoisotopic (exact) mass is 306 g/mol. The van der Waals surface area contributed by atoms with Crippen molar-refractivity contribution in [2.24, 2.45) is 0 Å². The fourth-order valence-electron chi connectivity index (χ4n) is 1.22. The predicted molar refractivity (Wildman–Crippen MR) is 83.7 cm³/mol. The molecule has 1 aromatic rings. The highest BCUT2D eigenvalue weighted by atomic mass is 35.5. The molecular formula is C11H16Cl2N4S. The molecule has 0 bridgehead atoms. The second-order valence-electron chi connectivity index (χ2n) is 4.04. The van der Waals surface area contributed by atoms with Gasteiger partial charge in [0.05, 0.1) is 15.7 Å². The second-order valence-corrected chi connectivity index (χ2v) is 5.26. The van der Waals surface area contributed by atoms with E-state index < -0.39 is 0 Å². The number of nitrogens with zero attached hydrogens (tertiary/aromatic N) is 1. The number of hydrogen-bond donors (Lipinski definition) is 3. The van der Waals surface area contributed by atoms with Crippen LogP contribution in [0.15, 0.2) is 12.1 Å². The fraction of sp³-hybridized carbons (Fsp3) is 0.364. The molecule has 0 fully saturated rings. The highest BCUT2D eigenvalue weighted by molar-refractivity contribution is 7.80. The first kappa shape index (κ1) is 15.3. The van der Waals surface area contributed by atoms with Crippen LogP contribution in [0.4, 0.5) is 11.4 Å². The maximum Gasteiger partial charge on any atom is 0.170 e. The van der Waals surface area contributed by atoms with Crippen molar-refractivity contribution in [1.29, 1.82) is 0 Å². The van der Waals surface area contributed by atoms with Crippen molar-refractivity contribution < 1.29 is 0 Å². The molecule has 0 saturated heterocycles. The molecule has 0 amide bonds. The van der Waals surface area contributed by atoms with E-state index in [4.69, 9.17) is 41.2 Å². The molecule has 100 valence electrons. The van der Waals surface area contributed by atoms with Crippen LogP contribution in [-0.2, 0) is 0 Å². The molecule has 7 heteroatoms. The molecule has 0 radical (unpaired) electrons. The summed E-state index contributed by atoms with van der Waals surface area (Å²) >= 11 is 17.0. The largest absolute Gasteiger partial charge is 0.396 e. The van der Waals surface area contributed by atoms with E-state index in [-0.39, 0.29) is 0 Å². The summed E-state index contributed by atoms with van der Waals surface area (Å²) in [5.74, 6) is 0. The Morgan fingerprint density at radius 1 is 1.33 bits per heavy atom. The van der Waals surface area contributed by atoms with Crippen molar-refractivity contribution in [3.8, 4) is 0 Å². The Kier molecular flexibility index (Phi) is 5.95. The summed E-state index contributed by atoms with van der Waals surface area (Å²) in [4.78, 5) is 2.06. The minimum Gasteiger partial charge on any atom is -0.396 e. The van der Waals surface area contributed by atoms with E-state index in [1.165, 1.54) is 0 Å². The average molecular weight is 307 g/mol. The summed E-state index contributed by atoms with van der Waals surface area (Å²) in [6, 6.07) is 3.37. The fourth-order valence-corrected chi connectivity index (χ4v) is 1.93. The van der Waals surface area contributed by atoms with Gasteiger partial charge in [-0.25, -0.2) is 0 Å². The van der Waals surface area contributed by atoms with Crippen LogP contribution in [0.3, 0.4) is 0 Å². The number of anilines is 2. The summed E-state index contributed by atoms with van der Waals surface area (Å²) in [5.41, 5.74) is 6.73. The zero-order chi connectivity index (χ0) is 13.7. The number of rotatable bonds is 4. The van der Waals surface area contributed by atoms with Crippen molar-refractivity contribution in [2.45, 2.75) is 0 Å². The van der Waals surface area contributed by atoms with Crippen LogP contribution < -0.4 is 16.4 Å². The number of thiocarbonyl (C=S) groups is 1. The van der Waals surface area contributed by atoms with E-state index in [0.717, 1.165) is 13.1 Å². The van der Waals surface area contributed by atoms with E-state index in [2.05, 4.69) is 15.5 Å². The van der Waals surface area contributed by atoms with E-state index in [0.29, 0.717) is 26.5 Å². The normalized spacial score (nSPS) is 10.5. The zero-order valence-electron chi connectivity index (χ0n) is 10.3. The number of nitrogens with two attached hydrogens (primary N) is 1. The van der Waals surface area contributed by atoms with E-state index >= 15 is 0 Å². The van der Waals surface area contributed by atoms with Crippen molar-refractivity contribution >= 4 is 51.9 Å². The lowest BCUT2D eigenvalue weighted by atomic mass is 10.3. The maximum atomic E-state index is 5.93. The van der Waals surface area contributed by atoms with Crippen LogP contribution in [0.5, 0.6) is 0 Å². The van der Waals surface area contributed by atoms with Gasteiger partial charge in [-0.3, -0.25) is 0 Å². The van der Waals surface area contributed by atoms with Gasteiger partial charge >= 0.3 is 0 Å². The van der Waals surface area contributed by atoms with Crippen LogP contribution in [0.1, 0.15) is 0 Å². The van der Waals surface area contributed by atoms with Crippen LogP contribution in [0.2, 0.25) is 10.0 Å². The highest BCUT2D eigenvalue weighted by Gasteiger charge is 2.05. The van der Waals surface area contributed by atoms with Gasteiger partial charge < -0.3 is 21.3 Å². The number of benzene rings is 1. The molecule has 1 rings (SSSR count). The summed E-state index contributed by atoms with van der Waals surface area (Å²) in [7, 11) is 4.00. The number of likely N-dealkylation sites (N-methyl/N-ethyl adjacent to an activating group) is 1. The van der Waals surface area contributed by atoms with Crippen molar-refractivity contribution in [2.75, 3.05) is 38.2 Å². The van der Waals surface area contributed by atoms with Gasteiger partial charge in [-0.15, -0.1) is 0 Å². The van der Waals surface area contributed by atoms with E-state index in [9.17, 15) is 0 Å². The average Bonchev–Trinajstić information content (AvgIpc) is 2.25. The Morgan fingerprint density at radius 3 is 2.39 bits per heavy atom. The van der Waals surface area contributed by atoms with Crippen molar-refractivity contribution in [1.82, 2.24) is 10.2 Å². The third-order valence-corrected chi connectivity index (χ3v) is 3.05. The topological polar surface area (TPSA) is 53.3 Å². The Bertz CT molecular complexity index is 414. The lowest BCUT2D eigenvalue weighted by molar-refractivity contribution is 0.413. The van der Waals surface area contributed by atoms with Crippen LogP contribution in [0, 0.1) is 0 Å². The maximum absolute atomic E-state index is 5.93. The van der Waals surface area contributed by atoms with Gasteiger partial charge in [-0.05, 0) is 38.4 Å². The van der Waals surface area contributed by atoms with Gasteiger partial charge in [0.1, 0.15) is 0 Å². The van der Waals surface area contributed by atoms with Crippen LogP contribution in [-0.4, -0.2) is 37.2 Å². The second kappa shape index (κ2) is 6.99. The molecule has 0 saturated carbocycles. The smallest absolute Gasteiger partial charge is 0.170 e. The lowest BCUT2D eigenvalue weighted by Gasteiger charge is -2.14. The SMILES string of the molecule is CN(C)CCNC(=S)Nc1cc(Cl)c(N)c(Cl)c1. The summed E-state index contributed by atoms with van der Waals surface area (Å²) in [5, 5.41) is 7.41. The number of nitrogen functional groups attached to an aromatic ring is 1.